The Morgan fingerprint density at radius 3 is 2.48 bits per heavy atom. The highest BCUT2D eigenvalue weighted by Crippen LogP contribution is 2.47. The largest absolute Gasteiger partial charge is 0.466 e. The summed E-state index contributed by atoms with van der Waals surface area (Å²) in [6, 6.07) is 6.02. The summed E-state index contributed by atoms with van der Waals surface area (Å²) in [7, 11) is 1.18. The second-order valence-electron chi connectivity index (χ2n) is 15.0. The van der Waals surface area contributed by atoms with Gasteiger partial charge >= 0.3 is 17.9 Å². The Morgan fingerprint density at radius 1 is 1.02 bits per heavy atom. The Hall–Kier alpha value is -3.70. The molecule has 0 radical (unpaired) electrons. The number of amides is 1. The first-order chi connectivity index (χ1) is 25.7. The van der Waals surface area contributed by atoms with E-state index in [-0.39, 0.29) is 61.0 Å². The molecule has 4 aliphatic rings. The fourth-order valence-corrected chi connectivity index (χ4v) is 7.42. The number of hydrogen-bond donors (Lipinski definition) is 4. The maximum absolute atomic E-state index is 13.8. The first-order valence-corrected chi connectivity index (χ1v) is 18.6. The highest BCUT2D eigenvalue weighted by atomic mass is 16.7. The zero-order valence-electron chi connectivity index (χ0n) is 31.3. The summed E-state index contributed by atoms with van der Waals surface area (Å²) in [4.78, 5) is 51.2. The lowest BCUT2D eigenvalue weighted by Gasteiger charge is -2.51. The SMILES string of the molecule is COC(=O)/C=C1\C[C@H]2C[C@H](CO)OC(=O)C[C@H](O)C[C@@H]3CCC[C@H](C[C@@H]4CCO[C@H](/C=C\C(C)(C)[C@](O)(O2)[C@H]1OC(=O)c1cccc(NC(C)=O)c1)O4)O3. The highest BCUT2D eigenvalue weighted by Gasteiger charge is 2.57. The van der Waals surface area contributed by atoms with Gasteiger partial charge in [-0.05, 0) is 68.4 Å². The van der Waals surface area contributed by atoms with Crippen molar-refractivity contribution in [3.8, 4) is 0 Å². The van der Waals surface area contributed by atoms with Gasteiger partial charge in [0.25, 0.3) is 0 Å². The molecule has 0 unspecified atom stereocenters. The number of aliphatic hydroxyl groups excluding tert-OH is 2. The van der Waals surface area contributed by atoms with E-state index in [4.69, 9.17) is 33.2 Å². The van der Waals surface area contributed by atoms with Crippen LogP contribution in [-0.2, 0) is 47.5 Å². The number of ether oxygens (including phenoxy) is 7. The van der Waals surface area contributed by atoms with Gasteiger partial charge in [0.15, 0.2) is 12.4 Å². The molecule has 0 aliphatic carbocycles. The monoisotopic (exact) mass is 759 g/mol. The molecule has 0 saturated carbocycles. The second-order valence-corrected chi connectivity index (χ2v) is 15.0. The van der Waals surface area contributed by atoms with Crippen molar-refractivity contribution < 1.29 is 67.7 Å². The molecule has 0 aromatic heterocycles. The van der Waals surface area contributed by atoms with Gasteiger partial charge in [-0.2, -0.15) is 0 Å². The smallest absolute Gasteiger partial charge is 0.339 e. The predicted molar refractivity (Wildman–Crippen MR) is 191 cm³/mol. The highest BCUT2D eigenvalue weighted by molar-refractivity contribution is 5.94. The molecular formula is C39H53NO14. The fraction of sp³-hybridized carbons (Fsp3) is 0.641. The summed E-state index contributed by atoms with van der Waals surface area (Å²) in [6.45, 7) is 4.42. The number of fused-ring (bicyclic) bond motifs is 6. The minimum absolute atomic E-state index is 0.0439. The normalized spacial score (nSPS) is 34.8. The van der Waals surface area contributed by atoms with Gasteiger partial charge in [0.05, 0.1) is 62.8 Å². The topological polar surface area (TPSA) is 206 Å². The van der Waals surface area contributed by atoms with Crippen molar-refractivity contribution in [2.45, 2.75) is 133 Å². The van der Waals surface area contributed by atoms with Crippen LogP contribution in [-0.4, -0.2) is 114 Å². The first-order valence-electron chi connectivity index (χ1n) is 18.6. The molecular weight excluding hydrogens is 706 g/mol. The number of benzene rings is 1. The fourth-order valence-electron chi connectivity index (χ4n) is 7.42. The van der Waals surface area contributed by atoms with E-state index in [1.807, 2.05) is 0 Å². The van der Waals surface area contributed by atoms with E-state index in [2.05, 4.69) is 5.32 Å². The van der Waals surface area contributed by atoms with Crippen LogP contribution in [0, 0.1) is 5.41 Å². The molecule has 3 fully saturated rings. The van der Waals surface area contributed by atoms with E-state index in [1.54, 1.807) is 38.1 Å². The van der Waals surface area contributed by atoms with Gasteiger partial charge in [0.2, 0.25) is 11.7 Å². The van der Waals surface area contributed by atoms with Gasteiger partial charge in [0.1, 0.15) is 6.10 Å². The molecule has 4 N–H and O–H groups in total. The van der Waals surface area contributed by atoms with E-state index < -0.39 is 66.4 Å². The van der Waals surface area contributed by atoms with Crippen molar-refractivity contribution in [1.82, 2.24) is 0 Å². The number of nitrogens with one attached hydrogen (secondary N) is 1. The average molecular weight is 760 g/mol. The summed E-state index contributed by atoms with van der Waals surface area (Å²) in [6.07, 6.45) is 1.69. The second kappa shape index (κ2) is 18.3. The number of hydrogen-bond acceptors (Lipinski definition) is 14. The van der Waals surface area contributed by atoms with E-state index in [1.165, 1.54) is 26.2 Å². The molecule has 3 saturated heterocycles. The third-order valence-electron chi connectivity index (χ3n) is 10.2. The number of methoxy groups -OCH3 is 1. The van der Waals surface area contributed by atoms with Gasteiger partial charge in [0, 0.05) is 36.9 Å². The Bertz CT molecular complexity index is 1560. The van der Waals surface area contributed by atoms with Crippen molar-refractivity contribution in [2.24, 2.45) is 5.41 Å². The van der Waals surface area contributed by atoms with Gasteiger partial charge < -0.3 is 53.8 Å². The standard InChI is InChI=1S/C39H53NO14/c1-23(42)40-26-8-5-7-24(15-26)37(46)53-36-25(17-33(44)48-4)16-31-21-32(22-41)51-34(45)19-27(43)18-28-9-6-10-29(50-28)20-30-12-14-49-35(52-30)11-13-38(2,3)39(36,47)54-31/h5,7-8,11,13,15,17,27-32,35-36,41,43,47H,6,9-10,12,14,16,18-22H2,1-4H3,(H,40,42)/b13-11-,25-17+/t27-,28+,29-,30+,31+,32-,35+,36+,39-/m1/s1. The molecule has 298 valence electrons. The molecule has 4 aliphatic heterocycles. The van der Waals surface area contributed by atoms with Crippen LogP contribution in [0.15, 0.2) is 48.1 Å². The zero-order chi connectivity index (χ0) is 39.0. The summed E-state index contributed by atoms with van der Waals surface area (Å²) in [5.74, 6) is -5.16. The Morgan fingerprint density at radius 2 is 1.76 bits per heavy atom. The van der Waals surface area contributed by atoms with Gasteiger partial charge in [-0.1, -0.05) is 26.0 Å². The van der Waals surface area contributed by atoms with Crippen LogP contribution in [0.4, 0.5) is 5.69 Å². The predicted octanol–water partition coefficient (Wildman–Crippen LogP) is 3.24. The maximum Gasteiger partial charge on any atom is 0.339 e. The summed E-state index contributed by atoms with van der Waals surface area (Å²) in [5.41, 5.74) is -0.891. The molecule has 6 bridgehead atoms. The minimum atomic E-state index is -2.39. The van der Waals surface area contributed by atoms with Crippen LogP contribution < -0.4 is 5.32 Å². The van der Waals surface area contributed by atoms with Crippen LogP contribution in [0.5, 0.6) is 0 Å². The van der Waals surface area contributed by atoms with Crippen molar-refractivity contribution in [1.29, 1.82) is 0 Å². The zero-order valence-corrected chi connectivity index (χ0v) is 31.3. The molecule has 9 atom stereocenters. The molecule has 15 nitrogen and oxygen atoms in total. The lowest BCUT2D eigenvalue weighted by Crippen LogP contribution is -2.62. The lowest BCUT2D eigenvalue weighted by atomic mass is 9.74. The van der Waals surface area contributed by atoms with Crippen LogP contribution in [0.3, 0.4) is 0 Å². The molecule has 1 aromatic carbocycles. The number of carbonyl (C=O) groups is 4. The summed E-state index contributed by atoms with van der Waals surface area (Å²) < 4.78 is 41.4. The third-order valence-corrected chi connectivity index (χ3v) is 10.2. The minimum Gasteiger partial charge on any atom is -0.466 e. The van der Waals surface area contributed by atoms with Crippen LogP contribution >= 0.6 is 0 Å². The van der Waals surface area contributed by atoms with Crippen LogP contribution in [0.25, 0.3) is 0 Å². The van der Waals surface area contributed by atoms with E-state index >= 15 is 0 Å². The molecule has 1 amide bonds. The van der Waals surface area contributed by atoms with E-state index in [0.29, 0.717) is 25.1 Å². The molecule has 0 spiro atoms. The van der Waals surface area contributed by atoms with Gasteiger partial charge in [-0.3, -0.25) is 9.59 Å². The Kier molecular flexibility index (Phi) is 14.0. The third kappa shape index (κ3) is 10.7. The molecule has 4 heterocycles. The number of rotatable bonds is 5. The summed E-state index contributed by atoms with van der Waals surface area (Å²) >= 11 is 0. The van der Waals surface area contributed by atoms with Crippen LogP contribution in [0.1, 0.15) is 88.9 Å². The maximum atomic E-state index is 13.8. The van der Waals surface area contributed by atoms with Gasteiger partial charge in [-0.15, -0.1) is 0 Å². The lowest BCUT2D eigenvalue weighted by molar-refractivity contribution is -0.324. The quantitative estimate of drug-likeness (QED) is 0.147. The molecule has 5 rings (SSSR count). The van der Waals surface area contributed by atoms with Gasteiger partial charge in [-0.25, -0.2) is 9.59 Å². The van der Waals surface area contributed by atoms with E-state index in [0.717, 1.165) is 25.3 Å². The number of esters is 3. The molecule has 1 aromatic rings. The summed E-state index contributed by atoms with van der Waals surface area (Å²) in [5, 5.41) is 36.4. The number of cyclic esters (lactones) is 1. The van der Waals surface area contributed by atoms with E-state index in [9.17, 15) is 34.5 Å². The van der Waals surface area contributed by atoms with Crippen molar-refractivity contribution >= 4 is 29.5 Å². The number of carbonyl (C=O) groups excluding carboxylic acids is 4. The Labute approximate surface area is 314 Å². The van der Waals surface area contributed by atoms with Crippen molar-refractivity contribution in [2.75, 3.05) is 25.6 Å². The average Bonchev–Trinajstić information content (AvgIpc) is 3.11. The molecule has 54 heavy (non-hydrogen) atoms. The molecule has 15 heteroatoms. The number of anilines is 1. The van der Waals surface area contributed by atoms with Crippen molar-refractivity contribution in [3.05, 3.63) is 53.6 Å². The number of aliphatic hydroxyl groups is 3. The van der Waals surface area contributed by atoms with Crippen LogP contribution in [0.2, 0.25) is 0 Å². The first kappa shape index (κ1) is 41.5. The Balaban J connectivity index is 1.52. The van der Waals surface area contributed by atoms with Crippen molar-refractivity contribution in [3.63, 3.8) is 0 Å².